The van der Waals surface area contributed by atoms with Crippen LogP contribution in [0.3, 0.4) is 0 Å². The predicted octanol–water partition coefficient (Wildman–Crippen LogP) is 2.95. The molecule has 1 fully saturated rings. The second-order valence-electron chi connectivity index (χ2n) is 9.02. The number of rotatable bonds is 11. The number of nitrogens with one attached hydrogen (secondary N) is 1. The molecule has 0 bridgehead atoms. The quantitative estimate of drug-likeness (QED) is 0.483. The molecule has 0 unspecified atom stereocenters. The van der Waals surface area contributed by atoms with Crippen LogP contribution < -0.4 is 5.32 Å². The molecule has 2 rings (SSSR count). The van der Waals surface area contributed by atoms with Gasteiger partial charge in [0.2, 0.25) is 0 Å². The molecule has 0 aromatic heterocycles. The Kier molecular flexibility index (Phi) is 11.4. The Labute approximate surface area is 196 Å². The van der Waals surface area contributed by atoms with Gasteiger partial charge in [0.15, 0.2) is 0 Å². The van der Waals surface area contributed by atoms with Gasteiger partial charge in [-0.25, -0.2) is 9.59 Å². The number of nitrogens with zero attached hydrogens (tertiary/aromatic N) is 1. The first-order valence-electron chi connectivity index (χ1n) is 11.5. The largest absolute Gasteiger partial charge is 0.445 e. The van der Waals surface area contributed by atoms with Crippen LogP contribution in [0.4, 0.5) is 9.59 Å². The van der Waals surface area contributed by atoms with E-state index in [0.717, 1.165) is 5.56 Å². The van der Waals surface area contributed by atoms with Gasteiger partial charge in [0, 0.05) is 25.7 Å². The maximum absolute atomic E-state index is 12.5. The van der Waals surface area contributed by atoms with Crippen molar-refractivity contribution in [2.45, 2.75) is 51.9 Å². The summed E-state index contributed by atoms with van der Waals surface area (Å²) in [7, 11) is 0. The number of carbonyl (C=O) groups is 2. The lowest BCUT2D eigenvalue weighted by Gasteiger charge is -2.39. The first-order chi connectivity index (χ1) is 15.8. The van der Waals surface area contributed by atoms with Crippen molar-refractivity contribution < 1.29 is 33.6 Å². The molecule has 33 heavy (non-hydrogen) atoms. The lowest BCUT2D eigenvalue weighted by atomic mass is 9.90. The summed E-state index contributed by atoms with van der Waals surface area (Å²) in [5.74, 6) is -0.00564. The maximum Gasteiger partial charge on any atom is 0.410 e. The minimum Gasteiger partial charge on any atom is -0.445 e. The maximum atomic E-state index is 12.5. The van der Waals surface area contributed by atoms with E-state index in [0.29, 0.717) is 45.8 Å². The topological polar surface area (TPSA) is 107 Å². The van der Waals surface area contributed by atoms with E-state index in [4.69, 9.17) is 24.1 Å². The molecule has 1 aromatic rings. The summed E-state index contributed by atoms with van der Waals surface area (Å²) in [6.45, 7) is 8.22. The molecule has 186 valence electrons. The first-order valence-corrected chi connectivity index (χ1v) is 11.5. The zero-order valence-electron chi connectivity index (χ0n) is 20.0. The van der Waals surface area contributed by atoms with Crippen molar-refractivity contribution in [3.05, 3.63) is 35.9 Å². The van der Waals surface area contributed by atoms with Crippen LogP contribution in [0.1, 0.15) is 39.2 Å². The Bertz CT molecular complexity index is 709. The third-order valence-electron chi connectivity index (χ3n) is 5.14. The van der Waals surface area contributed by atoms with Gasteiger partial charge in [-0.3, -0.25) is 0 Å². The number of amides is 2. The molecule has 9 heteroatoms. The van der Waals surface area contributed by atoms with Crippen LogP contribution >= 0.6 is 0 Å². The summed E-state index contributed by atoms with van der Waals surface area (Å²) < 4.78 is 21.7. The molecule has 2 N–H and O–H groups in total. The van der Waals surface area contributed by atoms with Gasteiger partial charge in [-0.05, 0) is 45.1 Å². The highest BCUT2D eigenvalue weighted by molar-refractivity contribution is 5.69. The highest BCUT2D eigenvalue weighted by atomic mass is 16.6. The van der Waals surface area contributed by atoms with E-state index in [-0.39, 0.29) is 37.9 Å². The minimum atomic E-state index is -0.569. The molecule has 0 spiro atoms. The monoisotopic (exact) mass is 466 g/mol. The number of carbonyl (C=O) groups excluding carboxylic acids is 2. The van der Waals surface area contributed by atoms with Crippen LogP contribution in [0.25, 0.3) is 0 Å². The number of aliphatic hydroxyl groups is 1. The number of aliphatic hydroxyl groups excluding tert-OH is 1. The zero-order chi connectivity index (χ0) is 24.1. The molecule has 1 aliphatic rings. The predicted molar refractivity (Wildman–Crippen MR) is 123 cm³/mol. The van der Waals surface area contributed by atoms with Crippen molar-refractivity contribution in [3.8, 4) is 0 Å². The van der Waals surface area contributed by atoms with Crippen molar-refractivity contribution in [2.75, 3.05) is 46.1 Å². The summed E-state index contributed by atoms with van der Waals surface area (Å²) in [4.78, 5) is 26.6. The van der Waals surface area contributed by atoms with E-state index in [1.165, 1.54) is 0 Å². The smallest absolute Gasteiger partial charge is 0.410 e. The lowest BCUT2D eigenvalue weighted by molar-refractivity contribution is 0.00510. The van der Waals surface area contributed by atoms with Crippen molar-refractivity contribution in [1.29, 1.82) is 0 Å². The fourth-order valence-corrected chi connectivity index (χ4v) is 3.54. The van der Waals surface area contributed by atoms with E-state index in [9.17, 15) is 9.59 Å². The number of ether oxygens (including phenoxy) is 4. The molecular formula is C24H38N2O7. The zero-order valence-corrected chi connectivity index (χ0v) is 20.0. The molecule has 1 aromatic carbocycles. The van der Waals surface area contributed by atoms with Gasteiger partial charge in [-0.2, -0.15) is 0 Å². The van der Waals surface area contributed by atoms with Gasteiger partial charge in [0.25, 0.3) is 0 Å². The van der Waals surface area contributed by atoms with E-state index >= 15 is 0 Å². The molecule has 2 amide bonds. The van der Waals surface area contributed by atoms with Crippen LogP contribution in [-0.2, 0) is 25.6 Å². The Balaban J connectivity index is 1.87. The number of hydrogen-bond acceptors (Lipinski definition) is 7. The normalized spacial score (nSPS) is 18.6. The van der Waals surface area contributed by atoms with E-state index in [1.54, 1.807) is 4.90 Å². The number of piperidine rings is 1. The molecule has 0 aliphatic carbocycles. The molecule has 0 saturated carbocycles. The third kappa shape index (κ3) is 10.9. The van der Waals surface area contributed by atoms with Crippen LogP contribution in [0.15, 0.2) is 30.3 Å². The number of alkyl carbamates (subject to hydrolysis) is 1. The van der Waals surface area contributed by atoms with Crippen LogP contribution in [0.5, 0.6) is 0 Å². The number of likely N-dealkylation sites (tertiary alicyclic amines) is 1. The van der Waals surface area contributed by atoms with E-state index in [1.807, 2.05) is 51.1 Å². The van der Waals surface area contributed by atoms with Gasteiger partial charge >= 0.3 is 12.2 Å². The van der Waals surface area contributed by atoms with Crippen molar-refractivity contribution in [1.82, 2.24) is 10.2 Å². The first kappa shape index (κ1) is 26.9. The second-order valence-corrected chi connectivity index (χ2v) is 9.02. The van der Waals surface area contributed by atoms with Crippen molar-refractivity contribution in [2.24, 2.45) is 5.92 Å². The number of hydrogen-bond donors (Lipinski definition) is 2. The highest BCUT2D eigenvalue weighted by Gasteiger charge is 2.34. The molecular weight excluding hydrogens is 428 g/mol. The van der Waals surface area contributed by atoms with Crippen LogP contribution in [0, 0.1) is 5.92 Å². The molecule has 1 saturated heterocycles. The molecule has 9 nitrogen and oxygen atoms in total. The molecule has 2 atom stereocenters. The SMILES string of the molecule is CC(C)(C)OC(=O)N1CC[C@H](NC(=O)OCc2ccccc2)[C@@H](CCOCCOCCO)C1. The van der Waals surface area contributed by atoms with Gasteiger partial charge in [-0.15, -0.1) is 0 Å². The van der Waals surface area contributed by atoms with Gasteiger partial charge in [0.1, 0.15) is 12.2 Å². The Morgan fingerprint density at radius 1 is 1.09 bits per heavy atom. The summed E-state index contributed by atoms with van der Waals surface area (Å²) in [5.41, 5.74) is 0.349. The second kappa shape index (κ2) is 14.0. The fourth-order valence-electron chi connectivity index (χ4n) is 3.54. The Morgan fingerprint density at radius 3 is 2.45 bits per heavy atom. The highest BCUT2D eigenvalue weighted by Crippen LogP contribution is 2.23. The van der Waals surface area contributed by atoms with Crippen molar-refractivity contribution >= 4 is 12.2 Å². The summed E-state index contributed by atoms with van der Waals surface area (Å²) in [6, 6.07) is 9.37. The van der Waals surface area contributed by atoms with Crippen LogP contribution in [-0.4, -0.2) is 80.0 Å². The van der Waals surface area contributed by atoms with Gasteiger partial charge in [-0.1, -0.05) is 30.3 Å². The summed E-state index contributed by atoms with van der Waals surface area (Å²) in [6.07, 6.45) is 0.432. The third-order valence-corrected chi connectivity index (χ3v) is 5.14. The minimum absolute atomic E-state index is 0.00564. The Morgan fingerprint density at radius 2 is 1.79 bits per heavy atom. The van der Waals surface area contributed by atoms with Crippen molar-refractivity contribution in [3.63, 3.8) is 0 Å². The molecule has 0 radical (unpaired) electrons. The Hall–Kier alpha value is -2.36. The summed E-state index contributed by atoms with van der Waals surface area (Å²) >= 11 is 0. The fraction of sp³-hybridized carbons (Fsp3) is 0.667. The average Bonchev–Trinajstić information content (AvgIpc) is 2.77. The number of benzene rings is 1. The van der Waals surface area contributed by atoms with E-state index < -0.39 is 11.7 Å². The standard InChI is InChI=1S/C24H38N2O7/c1-24(2,3)33-23(29)26-11-9-21(20(17-26)10-13-30-15-16-31-14-12-27)25-22(28)32-18-19-7-5-4-6-8-19/h4-8,20-21,27H,9-18H2,1-3H3,(H,25,28)/t20-,21-/m0/s1. The van der Waals surface area contributed by atoms with Crippen LogP contribution in [0.2, 0.25) is 0 Å². The van der Waals surface area contributed by atoms with E-state index in [2.05, 4.69) is 5.32 Å². The molecule has 1 heterocycles. The van der Waals surface area contributed by atoms with Gasteiger partial charge < -0.3 is 34.3 Å². The molecule has 1 aliphatic heterocycles. The average molecular weight is 467 g/mol. The van der Waals surface area contributed by atoms with Gasteiger partial charge in [0.05, 0.1) is 26.4 Å². The lowest BCUT2D eigenvalue weighted by Crippen LogP contribution is -2.53. The summed E-state index contributed by atoms with van der Waals surface area (Å²) in [5, 5.41) is 11.7.